The molecule has 8 heteroatoms. The maximum absolute atomic E-state index is 11.8. The zero-order chi connectivity index (χ0) is 13.1. The van der Waals surface area contributed by atoms with Crippen LogP contribution in [-0.4, -0.2) is 38.7 Å². The van der Waals surface area contributed by atoms with E-state index in [0.717, 1.165) is 0 Å². The van der Waals surface area contributed by atoms with E-state index in [2.05, 4.69) is 20.4 Å². The third-order valence-corrected chi connectivity index (χ3v) is 2.76. The Bertz CT molecular complexity index is 657. The van der Waals surface area contributed by atoms with Gasteiger partial charge < -0.3 is 4.74 Å². The van der Waals surface area contributed by atoms with Gasteiger partial charge in [0.05, 0.1) is 24.4 Å². The van der Waals surface area contributed by atoms with Gasteiger partial charge in [0.1, 0.15) is 0 Å². The average Bonchev–Trinajstić information content (AvgIpc) is 2.71. The number of nitrogens with one attached hydrogen (secondary N) is 2. The van der Waals surface area contributed by atoms with Crippen molar-refractivity contribution in [3.63, 3.8) is 0 Å². The molecule has 2 heterocycles. The van der Waals surface area contributed by atoms with Crippen LogP contribution in [0.15, 0.2) is 10.9 Å². The van der Waals surface area contributed by atoms with Gasteiger partial charge in [-0.05, 0) is 25.2 Å². The number of hydrogen-bond acceptors (Lipinski definition) is 5. The molecule has 2 N–H and O–H groups in total. The van der Waals surface area contributed by atoms with Crippen molar-refractivity contribution in [1.82, 2.24) is 25.0 Å². The molecule has 2 aromatic rings. The van der Waals surface area contributed by atoms with Crippen molar-refractivity contribution in [2.45, 2.75) is 13.5 Å². The maximum atomic E-state index is 11.8. The number of ether oxygens (including phenoxy) is 1. The van der Waals surface area contributed by atoms with Gasteiger partial charge in [-0.25, -0.2) is 5.10 Å². The first-order chi connectivity index (χ1) is 8.63. The van der Waals surface area contributed by atoms with E-state index in [4.69, 9.17) is 17.0 Å². The Morgan fingerprint density at radius 1 is 1.44 bits per heavy atom. The standard InChI is InChI=1S/C10H13N5O2S/c1-6-5-7(9(16)13-11-6)8-12-14-10(18)15(8)3-4-17-2/h5H,3-4H2,1-2H3,(H,13,16)(H,14,18). The minimum atomic E-state index is -0.298. The molecule has 0 unspecified atom stereocenters. The zero-order valence-corrected chi connectivity index (χ0v) is 10.9. The molecule has 0 aliphatic heterocycles. The maximum Gasteiger partial charge on any atom is 0.275 e. The number of hydrogen-bond donors (Lipinski definition) is 2. The van der Waals surface area contributed by atoms with Crippen molar-refractivity contribution in [1.29, 1.82) is 0 Å². The Morgan fingerprint density at radius 3 is 2.94 bits per heavy atom. The van der Waals surface area contributed by atoms with E-state index in [1.807, 2.05) is 0 Å². The number of aromatic amines is 2. The fourth-order valence-electron chi connectivity index (χ4n) is 1.59. The van der Waals surface area contributed by atoms with Crippen molar-refractivity contribution in [3.8, 4) is 11.4 Å². The summed E-state index contributed by atoms with van der Waals surface area (Å²) in [5.41, 5.74) is 0.844. The highest BCUT2D eigenvalue weighted by Crippen LogP contribution is 2.12. The molecule has 96 valence electrons. The second-order valence-corrected chi connectivity index (χ2v) is 4.14. The minimum Gasteiger partial charge on any atom is -0.383 e. The van der Waals surface area contributed by atoms with E-state index < -0.39 is 0 Å². The summed E-state index contributed by atoms with van der Waals surface area (Å²) < 4.78 is 7.19. The molecule has 7 nitrogen and oxygen atoms in total. The molecule has 0 atom stereocenters. The Labute approximate surface area is 108 Å². The highest BCUT2D eigenvalue weighted by molar-refractivity contribution is 7.71. The second-order valence-electron chi connectivity index (χ2n) is 3.75. The fraction of sp³-hybridized carbons (Fsp3) is 0.400. The third-order valence-electron chi connectivity index (χ3n) is 2.45. The largest absolute Gasteiger partial charge is 0.383 e. The van der Waals surface area contributed by atoms with Gasteiger partial charge in [0, 0.05) is 7.11 Å². The van der Waals surface area contributed by atoms with E-state index in [9.17, 15) is 4.79 Å². The van der Waals surface area contributed by atoms with Gasteiger partial charge in [0.25, 0.3) is 5.56 Å². The first-order valence-corrected chi connectivity index (χ1v) is 5.75. The molecular formula is C10H13N5O2S. The molecule has 0 saturated carbocycles. The summed E-state index contributed by atoms with van der Waals surface area (Å²) in [4.78, 5) is 11.8. The number of aryl methyl sites for hydroxylation is 1. The zero-order valence-electron chi connectivity index (χ0n) is 10.1. The van der Waals surface area contributed by atoms with Crippen LogP contribution >= 0.6 is 12.2 Å². The molecule has 2 aromatic heterocycles. The Kier molecular flexibility index (Phi) is 3.68. The molecule has 0 fully saturated rings. The first-order valence-electron chi connectivity index (χ1n) is 5.34. The van der Waals surface area contributed by atoms with Crippen LogP contribution in [0.25, 0.3) is 11.4 Å². The molecule has 0 aromatic carbocycles. The number of H-pyrrole nitrogens is 2. The van der Waals surface area contributed by atoms with Crippen LogP contribution in [-0.2, 0) is 11.3 Å². The predicted octanol–water partition coefficient (Wildman–Crippen LogP) is 0.646. The summed E-state index contributed by atoms with van der Waals surface area (Å²) >= 11 is 5.12. The number of aromatic nitrogens is 5. The van der Waals surface area contributed by atoms with Crippen molar-refractivity contribution in [3.05, 3.63) is 26.9 Å². The van der Waals surface area contributed by atoms with Crippen molar-refractivity contribution in [2.24, 2.45) is 0 Å². The first kappa shape index (κ1) is 12.7. The molecule has 0 aliphatic rings. The number of nitrogens with zero attached hydrogens (tertiary/aromatic N) is 3. The summed E-state index contributed by atoms with van der Waals surface area (Å²) in [6.07, 6.45) is 0. The van der Waals surface area contributed by atoms with Gasteiger partial charge in [-0.15, -0.1) is 0 Å². The minimum absolute atomic E-state index is 0.298. The van der Waals surface area contributed by atoms with E-state index in [1.54, 1.807) is 24.7 Å². The second kappa shape index (κ2) is 5.23. The fourth-order valence-corrected chi connectivity index (χ4v) is 1.81. The van der Waals surface area contributed by atoms with Gasteiger partial charge in [-0.2, -0.15) is 10.2 Å². The number of methoxy groups -OCH3 is 1. The molecule has 18 heavy (non-hydrogen) atoms. The summed E-state index contributed by atoms with van der Waals surface area (Å²) in [5, 5.41) is 13.0. The van der Waals surface area contributed by atoms with Crippen LogP contribution in [0.2, 0.25) is 0 Å². The van der Waals surface area contributed by atoms with Crippen molar-refractivity contribution in [2.75, 3.05) is 13.7 Å². The highest BCUT2D eigenvalue weighted by atomic mass is 32.1. The average molecular weight is 267 g/mol. The Balaban J connectivity index is 2.54. The van der Waals surface area contributed by atoms with Gasteiger partial charge in [-0.1, -0.05) is 0 Å². The Hall–Kier alpha value is -1.80. The van der Waals surface area contributed by atoms with Crippen LogP contribution < -0.4 is 5.56 Å². The molecule has 2 rings (SSSR count). The van der Waals surface area contributed by atoms with E-state index in [-0.39, 0.29) is 5.56 Å². The molecule has 0 radical (unpaired) electrons. The normalized spacial score (nSPS) is 10.8. The summed E-state index contributed by atoms with van der Waals surface area (Å²) in [6.45, 7) is 2.81. The smallest absolute Gasteiger partial charge is 0.275 e. The van der Waals surface area contributed by atoms with E-state index in [1.165, 1.54) is 0 Å². The topological polar surface area (TPSA) is 88.6 Å². The quantitative estimate of drug-likeness (QED) is 0.794. The summed E-state index contributed by atoms with van der Waals surface area (Å²) in [6, 6.07) is 1.67. The van der Waals surface area contributed by atoms with Crippen LogP contribution in [0, 0.1) is 11.7 Å². The lowest BCUT2D eigenvalue weighted by molar-refractivity contribution is 0.187. The molecular weight excluding hydrogens is 254 g/mol. The lowest BCUT2D eigenvalue weighted by Gasteiger charge is -2.05. The third kappa shape index (κ3) is 2.39. The van der Waals surface area contributed by atoms with Crippen molar-refractivity contribution >= 4 is 12.2 Å². The van der Waals surface area contributed by atoms with Gasteiger partial charge >= 0.3 is 0 Å². The summed E-state index contributed by atoms with van der Waals surface area (Å²) in [7, 11) is 1.60. The van der Waals surface area contributed by atoms with Gasteiger partial charge in [-0.3, -0.25) is 14.5 Å². The van der Waals surface area contributed by atoms with Crippen LogP contribution in [0.4, 0.5) is 0 Å². The van der Waals surface area contributed by atoms with Gasteiger partial charge in [0.2, 0.25) is 0 Å². The Morgan fingerprint density at radius 2 is 2.22 bits per heavy atom. The SMILES string of the molecule is COCCn1c(-c2cc(C)n[nH]c2=O)n[nH]c1=S. The van der Waals surface area contributed by atoms with E-state index >= 15 is 0 Å². The molecule has 0 amide bonds. The molecule has 0 bridgehead atoms. The monoisotopic (exact) mass is 267 g/mol. The molecule has 0 spiro atoms. The van der Waals surface area contributed by atoms with Crippen LogP contribution in [0.5, 0.6) is 0 Å². The van der Waals surface area contributed by atoms with Crippen LogP contribution in [0.3, 0.4) is 0 Å². The van der Waals surface area contributed by atoms with Crippen LogP contribution in [0.1, 0.15) is 5.69 Å². The lowest BCUT2D eigenvalue weighted by atomic mass is 10.2. The van der Waals surface area contributed by atoms with Gasteiger partial charge in [0.15, 0.2) is 10.6 Å². The lowest BCUT2D eigenvalue weighted by Crippen LogP contribution is -2.15. The molecule has 0 saturated heterocycles. The number of rotatable bonds is 4. The highest BCUT2D eigenvalue weighted by Gasteiger charge is 2.12. The van der Waals surface area contributed by atoms with E-state index in [0.29, 0.717) is 35.0 Å². The predicted molar refractivity (Wildman–Crippen MR) is 67.9 cm³/mol. The summed E-state index contributed by atoms with van der Waals surface area (Å²) in [5.74, 6) is 0.490. The van der Waals surface area contributed by atoms with Crippen molar-refractivity contribution < 1.29 is 4.74 Å². The molecule has 0 aliphatic carbocycles.